The molecule has 2 aliphatic heterocycles. The minimum Gasteiger partial charge on any atom is -0.388 e. The zero-order chi connectivity index (χ0) is 17.3. The summed E-state index contributed by atoms with van der Waals surface area (Å²) in [5, 5.41) is 20.5. The molecule has 0 radical (unpaired) electrons. The predicted octanol–water partition coefficient (Wildman–Crippen LogP) is 1.16. The second kappa shape index (κ2) is 6.53. The number of piperidine rings is 1. The van der Waals surface area contributed by atoms with E-state index in [4.69, 9.17) is 0 Å². The van der Waals surface area contributed by atoms with Crippen LogP contribution in [0, 0.1) is 0 Å². The molecule has 2 heterocycles. The van der Waals surface area contributed by atoms with Crippen LogP contribution in [0.15, 0.2) is 24.3 Å². The number of carbonyl (C=O) groups excluding carboxylic acids is 2. The van der Waals surface area contributed by atoms with Crippen molar-refractivity contribution < 1.29 is 19.8 Å². The highest BCUT2D eigenvalue weighted by Gasteiger charge is 2.40. The molecule has 2 aliphatic rings. The summed E-state index contributed by atoms with van der Waals surface area (Å²) < 4.78 is 0. The fourth-order valence-electron chi connectivity index (χ4n) is 3.47. The summed E-state index contributed by atoms with van der Waals surface area (Å²) in [7, 11) is 0. The lowest BCUT2D eigenvalue weighted by atomic mass is 9.86. The van der Waals surface area contributed by atoms with E-state index in [1.165, 1.54) is 0 Å². The van der Waals surface area contributed by atoms with Crippen molar-refractivity contribution in [2.75, 3.05) is 24.5 Å². The Bertz CT molecular complexity index is 648. The van der Waals surface area contributed by atoms with Crippen molar-refractivity contribution in [3.63, 3.8) is 0 Å². The Morgan fingerprint density at radius 3 is 2.79 bits per heavy atom. The van der Waals surface area contributed by atoms with Gasteiger partial charge >= 0.3 is 0 Å². The average Bonchev–Trinajstić information content (AvgIpc) is 3.03. The van der Waals surface area contributed by atoms with Gasteiger partial charge in [0.05, 0.1) is 5.60 Å². The zero-order valence-electron chi connectivity index (χ0n) is 13.9. The number of benzene rings is 1. The maximum Gasteiger partial charge on any atom is 0.254 e. The predicted molar refractivity (Wildman–Crippen MR) is 89.8 cm³/mol. The van der Waals surface area contributed by atoms with Crippen LogP contribution in [0.2, 0.25) is 0 Å². The highest BCUT2D eigenvalue weighted by atomic mass is 16.3. The van der Waals surface area contributed by atoms with Crippen LogP contribution in [0.3, 0.4) is 0 Å². The number of carbonyl (C=O) groups is 2. The van der Waals surface area contributed by atoms with Crippen LogP contribution in [-0.4, -0.2) is 58.3 Å². The molecule has 130 valence electrons. The van der Waals surface area contributed by atoms with Gasteiger partial charge in [-0.2, -0.15) is 0 Å². The molecule has 0 bridgehead atoms. The maximum atomic E-state index is 12.7. The van der Waals surface area contributed by atoms with Gasteiger partial charge in [0.1, 0.15) is 6.10 Å². The number of β-amino-alcohol motifs (C(OH)–C–C–N with tert-alkyl or cyclic N) is 1. The van der Waals surface area contributed by atoms with Gasteiger partial charge in [0.25, 0.3) is 5.91 Å². The molecule has 1 aromatic carbocycles. The van der Waals surface area contributed by atoms with Crippen molar-refractivity contribution in [1.29, 1.82) is 0 Å². The van der Waals surface area contributed by atoms with Gasteiger partial charge in [-0.25, -0.2) is 0 Å². The summed E-state index contributed by atoms with van der Waals surface area (Å²) >= 11 is 0. The van der Waals surface area contributed by atoms with Crippen LogP contribution in [0.25, 0.3) is 0 Å². The number of hydrogen-bond acceptors (Lipinski definition) is 4. The number of aliphatic hydroxyl groups excluding tert-OH is 1. The second-order valence-electron chi connectivity index (χ2n) is 6.67. The fourth-order valence-corrected chi connectivity index (χ4v) is 3.47. The van der Waals surface area contributed by atoms with Crippen LogP contribution < -0.4 is 4.90 Å². The van der Waals surface area contributed by atoms with Crippen molar-refractivity contribution >= 4 is 17.5 Å². The van der Waals surface area contributed by atoms with Crippen LogP contribution >= 0.6 is 0 Å². The third kappa shape index (κ3) is 3.03. The number of hydrogen-bond donors (Lipinski definition) is 2. The molecule has 0 spiro atoms. The Morgan fingerprint density at radius 1 is 1.38 bits per heavy atom. The summed E-state index contributed by atoms with van der Waals surface area (Å²) in [5.41, 5.74) is 0.132. The smallest absolute Gasteiger partial charge is 0.254 e. The first-order chi connectivity index (χ1) is 11.4. The van der Waals surface area contributed by atoms with E-state index in [0.717, 1.165) is 12.1 Å². The minimum absolute atomic E-state index is 0.0843. The second-order valence-corrected chi connectivity index (χ2v) is 6.67. The van der Waals surface area contributed by atoms with Gasteiger partial charge in [-0.05, 0) is 37.5 Å². The molecular weight excluding hydrogens is 308 g/mol. The number of aliphatic hydroxyl groups is 2. The lowest BCUT2D eigenvalue weighted by Crippen LogP contribution is -2.56. The first-order valence-corrected chi connectivity index (χ1v) is 8.55. The molecule has 0 aliphatic carbocycles. The summed E-state index contributed by atoms with van der Waals surface area (Å²) in [5.74, 6) is -0.0956. The molecule has 1 aromatic rings. The zero-order valence-corrected chi connectivity index (χ0v) is 13.9. The molecule has 2 atom stereocenters. The molecule has 0 saturated carbocycles. The van der Waals surface area contributed by atoms with Gasteiger partial charge in [-0.3, -0.25) is 9.59 Å². The van der Waals surface area contributed by atoms with Crippen molar-refractivity contribution in [3.05, 3.63) is 29.8 Å². The van der Waals surface area contributed by atoms with Crippen LogP contribution in [0.4, 0.5) is 5.69 Å². The van der Waals surface area contributed by atoms with Gasteiger partial charge in [0.2, 0.25) is 5.91 Å². The molecule has 6 nitrogen and oxygen atoms in total. The molecule has 0 aromatic heterocycles. The minimum atomic E-state index is -1.11. The van der Waals surface area contributed by atoms with Gasteiger partial charge < -0.3 is 20.0 Å². The fraction of sp³-hybridized carbons (Fsp3) is 0.556. The quantitative estimate of drug-likeness (QED) is 0.870. The van der Waals surface area contributed by atoms with E-state index in [0.29, 0.717) is 37.9 Å². The number of amides is 2. The van der Waals surface area contributed by atoms with Crippen molar-refractivity contribution in [3.8, 4) is 0 Å². The highest BCUT2D eigenvalue weighted by molar-refractivity contribution is 5.99. The largest absolute Gasteiger partial charge is 0.388 e. The molecule has 24 heavy (non-hydrogen) atoms. The van der Waals surface area contributed by atoms with Gasteiger partial charge in [0, 0.05) is 37.3 Å². The van der Waals surface area contributed by atoms with Crippen molar-refractivity contribution in [1.82, 2.24) is 4.90 Å². The van der Waals surface area contributed by atoms with E-state index < -0.39 is 11.7 Å². The van der Waals surface area contributed by atoms with E-state index in [1.54, 1.807) is 28.0 Å². The molecule has 2 saturated heterocycles. The van der Waals surface area contributed by atoms with Gasteiger partial charge in [-0.1, -0.05) is 13.0 Å². The molecule has 3 rings (SSSR count). The normalized spacial score (nSPS) is 27.6. The molecular formula is C18H24N2O4. The van der Waals surface area contributed by atoms with Gasteiger partial charge in [0.15, 0.2) is 0 Å². The SMILES string of the molecule is CC[C@@]1(O)CCN(C(=O)c2cccc(N3CCCC3=O)c2)C[C@H]1O. The molecule has 2 amide bonds. The first kappa shape index (κ1) is 16.9. The Labute approximate surface area is 141 Å². The Morgan fingerprint density at radius 2 is 2.17 bits per heavy atom. The van der Waals surface area contributed by atoms with Crippen LogP contribution in [0.1, 0.15) is 43.0 Å². The first-order valence-electron chi connectivity index (χ1n) is 8.55. The monoisotopic (exact) mass is 332 g/mol. The molecule has 0 unspecified atom stereocenters. The van der Waals surface area contributed by atoms with Crippen LogP contribution in [0.5, 0.6) is 0 Å². The van der Waals surface area contributed by atoms with E-state index in [1.807, 2.05) is 13.0 Å². The summed E-state index contributed by atoms with van der Waals surface area (Å²) in [6, 6.07) is 7.07. The lowest BCUT2D eigenvalue weighted by Gasteiger charge is -2.41. The van der Waals surface area contributed by atoms with Gasteiger partial charge in [-0.15, -0.1) is 0 Å². The third-order valence-corrected chi connectivity index (χ3v) is 5.21. The maximum absolute atomic E-state index is 12.7. The average molecular weight is 332 g/mol. The Kier molecular flexibility index (Phi) is 4.60. The van der Waals surface area contributed by atoms with Crippen LogP contribution in [-0.2, 0) is 4.79 Å². The molecule has 6 heteroatoms. The Hall–Kier alpha value is -1.92. The lowest BCUT2D eigenvalue weighted by molar-refractivity contribution is -0.117. The topological polar surface area (TPSA) is 81.1 Å². The Balaban J connectivity index is 1.75. The standard InChI is InChI=1S/C18H24N2O4/c1-2-18(24)8-10-19(12-15(18)21)17(23)13-5-3-6-14(11-13)20-9-4-7-16(20)22/h3,5-6,11,15,21,24H,2,4,7-10,12H2,1H3/t15-,18-/m1/s1. The number of rotatable bonds is 3. The highest BCUT2D eigenvalue weighted by Crippen LogP contribution is 2.28. The molecule has 2 fully saturated rings. The van der Waals surface area contributed by atoms with Crippen molar-refractivity contribution in [2.45, 2.75) is 44.3 Å². The van der Waals surface area contributed by atoms with E-state index in [2.05, 4.69) is 0 Å². The number of likely N-dealkylation sites (tertiary alicyclic amines) is 1. The summed E-state index contributed by atoms with van der Waals surface area (Å²) in [4.78, 5) is 27.9. The third-order valence-electron chi connectivity index (χ3n) is 5.21. The molecule has 2 N–H and O–H groups in total. The van der Waals surface area contributed by atoms with Crippen molar-refractivity contribution in [2.24, 2.45) is 0 Å². The number of anilines is 1. The summed E-state index contributed by atoms with van der Waals surface area (Å²) in [6.45, 7) is 3.04. The summed E-state index contributed by atoms with van der Waals surface area (Å²) in [6.07, 6.45) is 1.27. The van der Waals surface area contributed by atoms with E-state index >= 15 is 0 Å². The number of nitrogens with zero attached hydrogens (tertiary/aromatic N) is 2. The van der Waals surface area contributed by atoms with E-state index in [-0.39, 0.29) is 18.4 Å². The van der Waals surface area contributed by atoms with E-state index in [9.17, 15) is 19.8 Å².